The molecule has 1 unspecified atom stereocenters. The summed E-state index contributed by atoms with van der Waals surface area (Å²) in [6.07, 6.45) is 5.38. The van der Waals surface area contributed by atoms with E-state index in [1.54, 1.807) is 73.1 Å². The molecule has 0 spiro atoms. The van der Waals surface area contributed by atoms with Gasteiger partial charge in [0.05, 0.1) is 39.2 Å². The van der Waals surface area contributed by atoms with Crippen molar-refractivity contribution in [2.75, 3.05) is 29.0 Å². The summed E-state index contributed by atoms with van der Waals surface area (Å²) in [6, 6.07) is 18.0. The maximum atomic E-state index is 15.4. The van der Waals surface area contributed by atoms with Crippen molar-refractivity contribution in [1.82, 2.24) is 19.5 Å². The molecule has 15 nitrogen and oxygen atoms in total. The molecule has 2 aliphatic heterocycles. The number of aliphatic hydroxyl groups is 2. The van der Waals surface area contributed by atoms with Crippen LogP contribution >= 0.6 is 23.2 Å². The maximum Gasteiger partial charge on any atom is 0.326 e. The van der Waals surface area contributed by atoms with Crippen LogP contribution in [0.15, 0.2) is 91.3 Å². The van der Waals surface area contributed by atoms with Crippen LogP contribution < -0.4 is 20.7 Å². The molecule has 342 valence electrons. The maximum absolute atomic E-state index is 15.4. The molecule has 19 heteroatoms. The van der Waals surface area contributed by atoms with Gasteiger partial charge in [-0.1, -0.05) is 42.1 Å². The monoisotopic (exact) mass is 939 g/mol. The number of aliphatic carboxylic acids is 1. The number of β-amino-alcohol motifs (C(OH)–C–C–N with tert-alkyl or cyclic N) is 2. The van der Waals surface area contributed by atoms with Crippen molar-refractivity contribution in [3.8, 4) is 0 Å². The summed E-state index contributed by atoms with van der Waals surface area (Å²) in [5.41, 5.74) is 1.40. The van der Waals surface area contributed by atoms with Gasteiger partial charge in [-0.2, -0.15) is 0 Å². The highest BCUT2D eigenvalue weighted by Crippen LogP contribution is 2.43. The Balaban J connectivity index is 0.000000298. The summed E-state index contributed by atoms with van der Waals surface area (Å²) in [5, 5.41) is 37.9. The zero-order valence-electron chi connectivity index (χ0n) is 35.5. The minimum Gasteiger partial charge on any atom is -0.480 e. The van der Waals surface area contributed by atoms with Gasteiger partial charge in [-0.15, -0.1) is 0 Å². The van der Waals surface area contributed by atoms with Gasteiger partial charge in [0.2, 0.25) is 5.91 Å². The molecule has 64 heavy (non-hydrogen) atoms. The van der Waals surface area contributed by atoms with Crippen LogP contribution in [0.1, 0.15) is 70.4 Å². The van der Waals surface area contributed by atoms with Crippen molar-refractivity contribution in [3.63, 3.8) is 0 Å². The molecule has 3 aliphatic rings. The second-order valence-electron chi connectivity index (χ2n) is 17.1. The Labute approximate surface area is 383 Å². The number of hydrogen-bond acceptors (Lipinski definition) is 8. The zero-order chi connectivity index (χ0) is 46.3. The van der Waals surface area contributed by atoms with Crippen LogP contribution in [-0.4, -0.2) is 100 Å². The topological polar surface area (TPSA) is 214 Å². The van der Waals surface area contributed by atoms with Crippen LogP contribution in [0, 0.1) is 11.7 Å². The fourth-order valence-electron chi connectivity index (χ4n) is 7.52. The van der Waals surface area contributed by atoms with E-state index in [0.29, 0.717) is 39.3 Å². The molecule has 1 saturated carbocycles. The van der Waals surface area contributed by atoms with E-state index < -0.39 is 75.3 Å². The van der Waals surface area contributed by atoms with Crippen LogP contribution in [-0.2, 0) is 26.1 Å². The molecular formula is C45H52Cl2FN7O8S. The normalized spacial score (nSPS) is 20.9. The first-order valence-electron chi connectivity index (χ1n) is 20.8. The van der Waals surface area contributed by atoms with Gasteiger partial charge in [-0.05, 0) is 123 Å². The first-order chi connectivity index (χ1) is 30.3. The molecule has 4 aromatic rings. The fourth-order valence-corrected chi connectivity index (χ4v) is 8.73. The summed E-state index contributed by atoms with van der Waals surface area (Å²) >= 11 is 11.7. The molecule has 5 amide bonds. The largest absolute Gasteiger partial charge is 0.480 e. The van der Waals surface area contributed by atoms with Crippen molar-refractivity contribution in [2.45, 2.75) is 93.9 Å². The summed E-state index contributed by atoms with van der Waals surface area (Å²) in [6.45, 7) is 5.60. The Morgan fingerprint density at radius 3 is 1.78 bits per heavy atom. The third-order valence-electron chi connectivity index (χ3n) is 11.2. The molecule has 1 aliphatic carbocycles. The number of likely N-dealkylation sites (tertiary alicyclic amines) is 2. The molecule has 2 saturated heterocycles. The smallest absolute Gasteiger partial charge is 0.326 e. The number of carbonyl (C=O) groups is 4. The van der Waals surface area contributed by atoms with E-state index in [4.69, 9.17) is 28.3 Å². The summed E-state index contributed by atoms with van der Waals surface area (Å²) in [7, 11) is -1.50. The first-order valence-corrected chi connectivity index (χ1v) is 22.7. The number of benzene rings is 3. The molecule has 0 bridgehead atoms. The number of carboxylic acids is 1. The van der Waals surface area contributed by atoms with Crippen LogP contribution in [0.3, 0.4) is 0 Å². The number of halogens is 3. The lowest BCUT2D eigenvalue weighted by atomic mass is 9.79. The quantitative estimate of drug-likeness (QED) is 0.0755. The molecular weight excluding hydrogens is 889 g/mol. The average Bonchev–Trinajstić information content (AvgIpc) is 3.87. The number of anilines is 3. The average molecular weight is 941 g/mol. The zero-order valence-corrected chi connectivity index (χ0v) is 37.8. The lowest BCUT2D eigenvalue weighted by Crippen LogP contribution is -2.49. The number of urea groups is 2. The van der Waals surface area contributed by atoms with Gasteiger partial charge in [-0.3, -0.25) is 9.78 Å². The van der Waals surface area contributed by atoms with Crippen LogP contribution in [0.2, 0.25) is 10.0 Å². The van der Waals surface area contributed by atoms with E-state index in [2.05, 4.69) is 25.7 Å². The van der Waals surface area contributed by atoms with Crippen molar-refractivity contribution in [2.24, 2.45) is 5.92 Å². The third kappa shape index (κ3) is 12.3. The first kappa shape index (κ1) is 48.3. The molecule has 0 radical (unpaired) electrons. The van der Waals surface area contributed by atoms with Gasteiger partial charge in [0.25, 0.3) is 0 Å². The molecule has 3 fully saturated rings. The lowest BCUT2D eigenvalue weighted by Gasteiger charge is -2.38. The number of nitrogens with one attached hydrogen (secondary N) is 4. The lowest BCUT2D eigenvalue weighted by molar-refractivity contribution is -0.141. The number of carbonyl (C=O) groups excluding carboxylic acids is 3. The van der Waals surface area contributed by atoms with Crippen LogP contribution in [0.5, 0.6) is 0 Å². The van der Waals surface area contributed by atoms with E-state index in [1.165, 1.54) is 11.0 Å². The third-order valence-corrected chi connectivity index (χ3v) is 13.3. The van der Waals surface area contributed by atoms with Crippen LogP contribution in [0.25, 0.3) is 0 Å². The SMILES string of the molecule is CC(C)(C)[S@@](=O)NC(CCC1CC1)(c1ccncc1)c1ccc(F)c(NC(=O)[C@H]2C[C@@H](O)CN2C(=O)Nc2ccc(Cl)cc2)c1.O=C(O)[C@H]1C[C@@H](O)CN1C(=O)Nc1ccc(Cl)cc1. The predicted octanol–water partition coefficient (Wildman–Crippen LogP) is 7.36. The van der Waals surface area contributed by atoms with Crippen molar-refractivity contribution >= 4 is 75.2 Å². The van der Waals surface area contributed by atoms with E-state index in [9.17, 15) is 33.6 Å². The summed E-state index contributed by atoms with van der Waals surface area (Å²) in [5.74, 6) is -1.85. The number of hydrogen-bond donors (Lipinski definition) is 7. The van der Waals surface area contributed by atoms with Crippen molar-refractivity contribution < 1.29 is 43.1 Å². The van der Waals surface area contributed by atoms with Crippen LogP contribution in [0.4, 0.5) is 31.0 Å². The van der Waals surface area contributed by atoms with Gasteiger partial charge < -0.3 is 41.1 Å². The number of carboxylic acid groups (broad SMARTS) is 1. The number of amides is 5. The van der Waals surface area contributed by atoms with E-state index in [1.807, 2.05) is 32.9 Å². The number of nitrogens with zero attached hydrogens (tertiary/aromatic N) is 3. The van der Waals surface area contributed by atoms with Gasteiger partial charge in [0, 0.05) is 59.7 Å². The number of aromatic nitrogens is 1. The Bertz CT molecular complexity index is 2320. The second-order valence-corrected chi connectivity index (χ2v) is 20.0. The minimum absolute atomic E-state index is 0.00432. The molecule has 7 N–H and O–H groups in total. The molecule has 3 aromatic carbocycles. The Morgan fingerprint density at radius 1 is 0.766 bits per heavy atom. The highest BCUT2D eigenvalue weighted by Gasteiger charge is 2.42. The number of pyridine rings is 1. The fraction of sp³-hybridized carbons (Fsp3) is 0.400. The van der Waals surface area contributed by atoms with E-state index >= 15 is 4.39 Å². The second kappa shape index (κ2) is 20.8. The van der Waals surface area contributed by atoms with Gasteiger partial charge >= 0.3 is 18.0 Å². The van der Waals surface area contributed by atoms with Crippen molar-refractivity contribution in [3.05, 3.63) is 118 Å². The van der Waals surface area contributed by atoms with Gasteiger partial charge in [-0.25, -0.2) is 27.7 Å². The Kier molecular flexibility index (Phi) is 15.7. The summed E-state index contributed by atoms with van der Waals surface area (Å²) < 4.78 is 31.8. The van der Waals surface area contributed by atoms with Gasteiger partial charge in [0.15, 0.2) is 0 Å². The predicted molar refractivity (Wildman–Crippen MR) is 244 cm³/mol. The molecule has 7 rings (SSSR count). The molecule has 3 heterocycles. The molecule has 6 atom stereocenters. The highest BCUT2D eigenvalue weighted by atomic mass is 35.5. The summed E-state index contributed by atoms with van der Waals surface area (Å²) in [4.78, 5) is 56.2. The highest BCUT2D eigenvalue weighted by molar-refractivity contribution is 7.84. The number of aliphatic hydroxyl groups excluding tert-OH is 2. The standard InChI is InChI=1S/C33H39ClFN5O4S.C12H13ClN2O4/c1-32(2,3)45(44)39-33(15-12-21-4-5-21,22-13-16-36-17-14-22)23-6-11-27(35)28(18-23)38-30(42)29-19-26(41)20-40(29)31(43)37-25-9-7-24(34)8-10-25;13-7-1-3-8(4-2-7)14-12(19)15-6-9(16)5-10(15)11(17)18/h6-11,13-14,16-18,21,26,29,39,41H,4-5,12,15,19-20H2,1-3H3,(H,37,43)(H,38,42);1-4,9-10,16H,5-6H2,(H,14,19)(H,17,18)/t26-,29-,33?,45-;9-,10-/m11/s1. The number of rotatable bonds is 12. The van der Waals surface area contributed by atoms with Crippen molar-refractivity contribution in [1.29, 1.82) is 0 Å². The van der Waals surface area contributed by atoms with E-state index in [-0.39, 0.29) is 31.6 Å². The Morgan fingerprint density at radius 2 is 1.28 bits per heavy atom. The molecule has 1 aromatic heterocycles. The van der Waals surface area contributed by atoms with E-state index in [0.717, 1.165) is 29.7 Å². The van der Waals surface area contributed by atoms with Gasteiger partial charge in [0.1, 0.15) is 17.9 Å². The minimum atomic E-state index is -1.50. The Hall–Kier alpha value is -5.17.